The lowest BCUT2D eigenvalue weighted by Crippen LogP contribution is -1.73. The number of fused-ring (bicyclic) bond motifs is 1. The summed E-state index contributed by atoms with van der Waals surface area (Å²) in [5.41, 5.74) is 1.73. The molecule has 2 nitrogen and oxygen atoms in total. The first-order valence-corrected chi connectivity index (χ1v) is 3.38. The topological polar surface area (TPSA) is 36.0 Å². The smallest absolute Gasteiger partial charge is 0.164 e. The number of aliphatic hydroxyl groups excluding tert-OH is 1. The molecule has 1 heterocycles. The predicted octanol–water partition coefficient (Wildman–Crippen LogP) is 1.93. The minimum Gasteiger partial charge on any atom is -0.378 e. The van der Waals surface area contributed by atoms with E-state index in [9.17, 15) is 0 Å². The molecule has 2 rings (SSSR count). The van der Waals surface area contributed by atoms with Crippen LogP contribution in [-0.2, 0) is 0 Å². The van der Waals surface area contributed by atoms with E-state index in [0.717, 1.165) is 10.9 Å². The maximum absolute atomic E-state index is 8.65. The molecule has 0 fully saturated rings. The molecule has 1 aromatic carbocycles. The van der Waals surface area contributed by atoms with E-state index in [4.69, 9.17) is 5.11 Å². The van der Waals surface area contributed by atoms with Gasteiger partial charge in [-0.1, -0.05) is 18.2 Å². The molecule has 2 radical (unpaired) electrons. The van der Waals surface area contributed by atoms with Gasteiger partial charge in [-0.05, 0) is 6.07 Å². The number of benzene rings is 1. The Morgan fingerprint density at radius 2 is 2.09 bits per heavy atom. The average molecular weight is 145 g/mol. The van der Waals surface area contributed by atoms with Crippen molar-refractivity contribution in [2.24, 2.45) is 0 Å². The second-order valence-corrected chi connectivity index (χ2v) is 2.36. The summed E-state index contributed by atoms with van der Waals surface area (Å²) in [5.74, 6) is 0. The van der Waals surface area contributed by atoms with Gasteiger partial charge in [0, 0.05) is 22.7 Å². The van der Waals surface area contributed by atoms with Gasteiger partial charge in [-0.3, -0.25) is 0 Å². The van der Waals surface area contributed by atoms with Gasteiger partial charge >= 0.3 is 0 Å². The van der Waals surface area contributed by atoms with E-state index >= 15 is 0 Å². The summed E-state index contributed by atoms with van der Waals surface area (Å²) >= 11 is 0. The molecule has 2 aromatic rings. The van der Waals surface area contributed by atoms with Gasteiger partial charge in [0.25, 0.3) is 0 Å². The van der Waals surface area contributed by atoms with Gasteiger partial charge in [-0.25, -0.2) is 0 Å². The van der Waals surface area contributed by atoms with Crippen molar-refractivity contribution < 1.29 is 5.11 Å². The quantitative estimate of drug-likeness (QED) is 0.632. The first kappa shape index (κ1) is 6.43. The number of hydrogen-bond acceptors (Lipinski definition) is 1. The SMILES string of the molecule is O[C]c1c[nH]c2ccccc12. The molecule has 0 aliphatic carbocycles. The van der Waals surface area contributed by atoms with Gasteiger partial charge in [0.05, 0.1) is 0 Å². The molecule has 0 aliphatic heterocycles. The third-order valence-corrected chi connectivity index (χ3v) is 1.71. The third-order valence-electron chi connectivity index (χ3n) is 1.71. The summed E-state index contributed by atoms with van der Waals surface area (Å²) in [7, 11) is 0. The molecular formula is C9H7NO. The molecule has 0 aliphatic rings. The summed E-state index contributed by atoms with van der Waals surface area (Å²) in [6.07, 6.45) is 1.73. The highest BCUT2D eigenvalue weighted by Gasteiger charge is 2.00. The monoisotopic (exact) mass is 145 g/mol. The molecular weight excluding hydrogens is 138 g/mol. The predicted molar refractivity (Wildman–Crippen MR) is 42.6 cm³/mol. The van der Waals surface area contributed by atoms with Crippen LogP contribution in [0.1, 0.15) is 5.56 Å². The van der Waals surface area contributed by atoms with E-state index in [2.05, 4.69) is 11.6 Å². The molecule has 0 saturated carbocycles. The van der Waals surface area contributed by atoms with E-state index in [1.165, 1.54) is 0 Å². The van der Waals surface area contributed by atoms with Crippen LogP contribution >= 0.6 is 0 Å². The number of H-pyrrole nitrogens is 1. The van der Waals surface area contributed by atoms with Crippen LogP contribution in [0.15, 0.2) is 30.5 Å². The Morgan fingerprint density at radius 3 is 2.91 bits per heavy atom. The molecule has 0 amide bonds. The lowest BCUT2D eigenvalue weighted by atomic mass is 10.2. The zero-order valence-electron chi connectivity index (χ0n) is 5.83. The van der Waals surface area contributed by atoms with Crippen molar-refractivity contribution in [1.29, 1.82) is 0 Å². The first-order valence-electron chi connectivity index (χ1n) is 3.38. The van der Waals surface area contributed by atoms with E-state index in [1.54, 1.807) is 6.20 Å². The Hall–Kier alpha value is -1.28. The number of para-hydroxylation sites is 1. The van der Waals surface area contributed by atoms with Crippen LogP contribution in [0, 0.1) is 6.61 Å². The molecule has 11 heavy (non-hydrogen) atoms. The number of hydrogen-bond donors (Lipinski definition) is 2. The molecule has 0 atom stereocenters. The van der Waals surface area contributed by atoms with Crippen LogP contribution in [0.5, 0.6) is 0 Å². The van der Waals surface area contributed by atoms with Crippen molar-refractivity contribution in [1.82, 2.24) is 4.98 Å². The lowest BCUT2D eigenvalue weighted by Gasteiger charge is -1.88. The molecule has 0 spiro atoms. The first-order chi connectivity index (χ1) is 5.42. The Morgan fingerprint density at radius 1 is 1.27 bits per heavy atom. The van der Waals surface area contributed by atoms with Gasteiger partial charge in [0.1, 0.15) is 0 Å². The second-order valence-electron chi connectivity index (χ2n) is 2.36. The van der Waals surface area contributed by atoms with Crippen molar-refractivity contribution >= 4 is 10.9 Å². The average Bonchev–Trinajstić information content (AvgIpc) is 2.47. The number of rotatable bonds is 1. The molecule has 0 bridgehead atoms. The van der Waals surface area contributed by atoms with Crippen LogP contribution in [0.2, 0.25) is 0 Å². The summed E-state index contributed by atoms with van der Waals surface area (Å²) in [6.45, 7) is 2.12. The zero-order valence-corrected chi connectivity index (χ0v) is 5.83. The Bertz CT molecular complexity index is 364. The Labute approximate surface area is 64.5 Å². The number of aliphatic hydroxyl groups is 1. The fourth-order valence-corrected chi connectivity index (χ4v) is 1.16. The second kappa shape index (κ2) is 2.40. The van der Waals surface area contributed by atoms with Gasteiger partial charge in [-0.15, -0.1) is 0 Å². The Balaban J connectivity index is 2.76. The highest BCUT2D eigenvalue weighted by molar-refractivity contribution is 5.83. The van der Waals surface area contributed by atoms with Gasteiger partial charge in [-0.2, -0.15) is 0 Å². The summed E-state index contributed by atoms with van der Waals surface area (Å²) in [4.78, 5) is 3.02. The van der Waals surface area contributed by atoms with Crippen LogP contribution in [0.3, 0.4) is 0 Å². The number of nitrogens with one attached hydrogen (secondary N) is 1. The van der Waals surface area contributed by atoms with Gasteiger partial charge < -0.3 is 10.1 Å². The van der Waals surface area contributed by atoms with Crippen molar-refractivity contribution in [2.75, 3.05) is 0 Å². The van der Waals surface area contributed by atoms with Crippen LogP contribution in [-0.4, -0.2) is 10.1 Å². The molecule has 0 unspecified atom stereocenters. The molecule has 0 saturated heterocycles. The zero-order chi connectivity index (χ0) is 7.68. The van der Waals surface area contributed by atoms with Crippen molar-refractivity contribution in [3.05, 3.63) is 42.6 Å². The number of aromatic amines is 1. The van der Waals surface area contributed by atoms with E-state index < -0.39 is 0 Å². The van der Waals surface area contributed by atoms with Crippen LogP contribution < -0.4 is 0 Å². The van der Waals surface area contributed by atoms with Crippen molar-refractivity contribution in [2.45, 2.75) is 0 Å². The maximum Gasteiger partial charge on any atom is 0.164 e. The third kappa shape index (κ3) is 0.917. The minimum atomic E-state index is 0.709. The van der Waals surface area contributed by atoms with Crippen LogP contribution in [0.4, 0.5) is 0 Å². The Kier molecular flexibility index (Phi) is 1.40. The fraction of sp³-hybridized carbons (Fsp3) is 0. The largest absolute Gasteiger partial charge is 0.378 e. The van der Waals surface area contributed by atoms with Gasteiger partial charge in [0.15, 0.2) is 6.61 Å². The van der Waals surface area contributed by atoms with E-state index in [1.807, 2.05) is 24.3 Å². The molecule has 2 N–H and O–H groups in total. The highest BCUT2D eigenvalue weighted by Crippen LogP contribution is 2.17. The van der Waals surface area contributed by atoms with Crippen molar-refractivity contribution in [3.63, 3.8) is 0 Å². The van der Waals surface area contributed by atoms with E-state index in [0.29, 0.717) is 5.56 Å². The van der Waals surface area contributed by atoms with E-state index in [-0.39, 0.29) is 0 Å². The normalized spacial score (nSPS) is 10.6. The summed E-state index contributed by atoms with van der Waals surface area (Å²) < 4.78 is 0. The lowest BCUT2D eigenvalue weighted by molar-refractivity contribution is 0.416. The summed E-state index contributed by atoms with van der Waals surface area (Å²) in [5, 5.41) is 9.65. The highest BCUT2D eigenvalue weighted by atomic mass is 16.3. The molecule has 54 valence electrons. The molecule has 2 heteroatoms. The minimum absolute atomic E-state index is 0.709. The fourth-order valence-electron chi connectivity index (χ4n) is 1.16. The standard InChI is InChI=1S/C9H7NO/c11-6-7-5-10-9-4-2-1-3-8(7)9/h1-5,10-11H. The maximum atomic E-state index is 8.65. The van der Waals surface area contributed by atoms with Crippen molar-refractivity contribution in [3.8, 4) is 0 Å². The van der Waals surface area contributed by atoms with Gasteiger partial charge in [0.2, 0.25) is 0 Å². The summed E-state index contributed by atoms with van der Waals surface area (Å²) in [6, 6.07) is 7.76. The van der Waals surface area contributed by atoms with Crippen LogP contribution in [0.25, 0.3) is 10.9 Å². The molecule has 1 aromatic heterocycles. The number of aromatic nitrogens is 1.